The van der Waals surface area contributed by atoms with Gasteiger partial charge in [0.15, 0.2) is 0 Å². The van der Waals surface area contributed by atoms with Crippen LogP contribution in [0.5, 0.6) is 5.75 Å². The lowest BCUT2D eigenvalue weighted by Gasteiger charge is -2.10. The van der Waals surface area contributed by atoms with Gasteiger partial charge in [-0.25, -0.2) is 8.42 Å². The van der Waals surface area contributed by atoms with Crippen LogP contribution in [0.3, 0.4) is 0 Å². The predicted molar refractivity (Wildman–Crippen MR) is 83.8 cm³/mol. The van der Waals surface area contributed by atoms with Gasteiger partial charge in [-0.3, -0.25) is 9.40 Å². The van der Waals surface area contributed by atoms with Gasteiger partial charge in [-0.1, -0.05) is 0 Å². The average Bonchev–Trinajstić information content (AvgIpc) is 3.05. The van der Waals surface area contributed by atoms with E-state index in [1.807, 2.05) is 13.8 Å². The third kappa shape index (κ3) is 2.45. The fourth-order valence-corrected chi connectivity index (χ4v) is 3.90. The number of ether oxygens (including phenoxy) is 1. The lowest BCUT2D eigenvalue weighted by atomic mass is 10.2. The fraction of sp³-hybridized carbons (Fsp3) is 0.400. The first-order chi connectivity index (χ1) is 10.4. The molecule has 6 nitrogen and oxygen atoms in total. The number of hydrogen-bond acceptors (Lipinski definition) is 4. The van der Waals surface area contributed by atoms with Gasteiger partial charge in [-0.05, 0) is 44.5 Å². The monoisotopic (exact) mass is 321 g/mol. The third-order valence-electron chi connectivity index (χ3n) is 3.89. The number of nitrogens with zero attached hydrogens (tertiary/aromatic N) is 2. The van der Waals surface area contributed by atoms with Gasteiger partial charge in [0, 0.05) is 13.0 Å². The molecular formula is C15H19N3O3S. The van der Waals surface area contributed by atoms with Crippen molar-refractivity contribution in [2.24, 2.45) is 0 Å². The van der Waals surface area contributed by atoms with Crippen molar-refractivity contribution >= 4 is 15.7 Å². The summed E-state index contributed by atoms with van der Waals surface area (Å²) >= 11 is 0. The molecule has 0 aliphatic carbocycles. The first-order valence-electron chi connectivity index (χ1n) is 7.25. The Labute approximate surface area is 130 Å². The molecule has 1 aliphatic rings. The van der Waals surface area contributed by atoms with Crippen LogP contribution in [0.1, 0.15) is 23.9 Å². The highest BCUT2D eigenvalue weighted by atomic mass is 32.2. The number of nitrogens with one attached hydrogen (secondary N) is 1. The molecule has 0 saturated heterocycles. The Balaban J connectivity index is 1.96. The molecule has 1 aromatic heterocycles. The van der Waals surface area contributed by atoms with Crippen LogP contribution in [-0.2, 0) is 23.0 Å². The Bertz CT molecular complexity index is 825. The van der Waals surface area contributed by atoms with Gasteiger partial charge >= 0.3 is 0 Å². The molecule has 0 bridgehead atoms. The fourth-order valence-electron chi connectivity index (χ4n) is 2.68. The number of rotatable bonds is 4. The summed E-state index contributed by atoms with van der Waals surface area (Å²) in [6, 6.07) is 4.97. The lowest BCUT2D eigenvalue weighted by Crippen LogP contribution is -2.14. The SMILES string of the molecule is CCn1nc(C)c(NS(=O)(=O)c2ccc3c(c2)CCO3)c1C. The van der Waals surface area contributed by atoms with Crippen LogP contribution in [0.2, 0.25) is 0 Å². The molecule has 0 unspecified atom stereocenters. The zero-order valence-electron chi connectivity index (χ0n) is 12.9. The summed E-state index contributed by atoms with van der Waals surface area (Å²) < 4.78 is 35.1. The van der Waals surface area contributed by atoms with Gasteiger partial charge in [0.25, 0.3) is 10.0 Å². The Kier molecular flexibility index (Phi) is 3.60. The van der Waals surface area contributed by atoms with Crippen molar-refractivity contribution in [3.63, 3.8) is 0 Å². The third-order valence-corrected chi connectivity index (χ3v) is 5.24. The van der Waals surface area contributed by atoms with E-state index in [2.05, 4.69) is 9.82 Å². The Morgan fingerprint density at radius 3 is 2.82 bits per heavy atom. The van der Waals surface area contributed by atoms with Crippen molar-refractivity contribution in [1.29, 1.82) is 0 Å². The number of aromatic nitrogens is 2. The van der Waals surface area contributed by atoms with Crippen LogP contribution in [0.15, 0.2) is 23.1 Å². The number of hydrogen-bond donors (Lipinski definition) is 1. The molecule has 0 saturated carbocycles. The molecule has 3 rings (SSSR count). The van der Waals surface area contributed by atoms with Crippen LogP contribution in [0.4, 0.5) is 5.69 Å². The topological polar surface area (TPSA) is 73.2 Å². The number of benzene rings is 1. The number of sulfonamides is 1. The van der Waals surface area contributed by atoms with E-state index in [9.17, 15) is 8.42 Å². The van der Waals surface area contributed by atoms with Gasteiger partial charge < -0.3 is 4.74 Å². The van der Waals surface area contributed by atoms with Crippen LogP contribution in [0.25, 0.3) is 0 Å². The van der Waals surface area contributed by atoms with Crippen molar-refractivity contribution in [3.05, 3.63) is 35.2 Å². The molecular weight excluding hydrogens is 302 g/mol. The maximum atomic E-state index is 12.6. The second-order valence-electron chi connectivity index (χ2n) is 5.34. The van der Waals surface area contributed by atoms with E-state index in [1.165, 1.54) is 0 Å². The number of fused-ring (bicyclic) bond motifs is 1. The Hall–Kier alpha value is -2.02. The minimum Gasteiger partial charge on any atom is -0.493 e. The largest absolute Gasteiger partial charge is 0.493 e. The molecule has 0 amide bonds. The summed E-state index contributed by atoms with van der Waals surface area (Å²) in [5.74, 6) is 0.769. The molecule has 118 valence electrons. The Morgan fingerprint density at radius 1 is 1.36 bits per heavy atom. The van der Waals surface area contributed by atoms with E-state index in [4.69, 9.17) is 4.74 Å². The van der Waals surface area contributed by atoms with E-state index in [0.29, 0.717) is 24.5 Å². The quantitative estimate of drug-likeness (QED) is 0.937. The predicted octanol–water partition coefficient (Wildman–Crippen LogP) is 2.26. The molecule has 7 heteroatoms. The first-order valence-corrected chi connectivity index (χ1v) is 8.73. The van der Waals surface area contributed by atoms with Gasteiger partial charge in [0.1, 0.15) is 5.75 Å². The lowest BCUT2D eigenvalue weighted by molar-refractivity contribution is 0.356. The highest BCUT2D eigenvalue weighted by Crippen LogP contribution is 2.29. The van der Waals surface area contributed by atoms with Crippen molar-refractivity contribution in [2.75, 3.05) is 11.3 Å². The van der Waals surface area contributed by atoms with Crippen LogP contribution < -0.4 is 9.46 Å². The van der Waals surface area contributed by atoms with Gasteiger partial charge in [-0.2, -0.15) is 5.10 Å². The summed E-state index contributed by atoms with van der Waals surface area (Å²) in [4.78, 5) is 0.250. The summed E-state index contributed by atoms with van der Waals surface area (Å²) in [6.07, 6.45) is 0.741. The molecule has 2 aromatic rings. The standard InChI is InChI=1S/C15H19N3O3S/c1-4-18-11(3)15(10(2)16-18)17-22(19,20)13-5-6-14-12(9-13)7-8-21-14/h5-6,9,17H,4,7-8H2,1-3H3. The van der Waals surface area contributed by atoms with E-state index in [-0.39, 0.29) is 4.90 Å². The van der Waals surface area contributed by atoms with Crippen LogP contribution in [0, 0.1) is 13.8 Å². The van der Waals surface area contributed by atoms with E-state index < -0.39 is 10.0 Å². The maximum Gasteiger partial charge on any atom is 0.262 e. The highest BCUT2D eigenvalue weighted by Gasteiger charge is 2.22. The molecule has 1 N–H and O–H groups in total. The van der Waals surface area contributed by atoms with E-state index >= 15 is 0 Å². The highest BCUT2D eigenvalue weighted by molar-refractivity contribution is 7.92. The van der Waals surface area contributed by atoms with Crippen molar-refractivity contribution in [3.8, 4) is 5.75 Å². The summed E-state index contributed by atoms with van der Waals surface area (Å²) in [5, 5.41) is 4.33. The van der Waals surface area contributed by atoms with Gasteiger partial charge in [0.05, 0.1) is 28.6 Å². The van der Waals surface area contributed by atoms with E-state index in [0.717, 1.165) is 23.4 Å². The first kappa shape index (κ1) is 14.9. The smallest absolute Gasteiger partial charge is 0.262 e. The molecule has 0 spiro atoms. The number of aryl methyl sites for hydroxylation is 2. The zero-order valence-corrected chi connectivity index (χ0v) is 13.7. The van der Waals surface area contributed by atoms with Crippen molar-refractivity contribution in [2.45, 2.75) is 38.6 Å². The van der Waals surface area contributed by atoms with Crippen molar-refractivity contribution in [1.82, 2.24) is 9.78 Å². The molecule has 0 fully saturated rings. The second-order valence-corrected chi connectivity index (χ2v) is 7.02. The zero-order chi connectivity index (χ0) is 15.9. The molecule has 1 aliphatic heterocycles. The summed E-state index contributed by atoms with van der Waals surface area (Å²) in [5.41, 5.74) is 2.97. The minimum atomic E-state index is -3.63. The van der Waals surface area contributed by atoms with Crippen LogP contribution in [-0.4, -0.2) is 24.8 Å². The molecule has 22 heavy (non-hydrogen) atoms. The minimum absolute atomic E-state index is 0.250. The van der Waals surface area contributed by atoms with E-state index in [1.54, 1.807) is 29.8 Å². The van der Waals surface area contributed by atoms with Gasteiger partial charge in [-0.15, -0.1) is 0 Å². The molecule has 1 aromatic carbocycles. The van der Waals surface area contributed by atoms with Gasteiger partial charge in [0.2, 0.25) is 0 Å². The average molecular weight is 321 g/mol. The second kappa shape index (κ2) is 5.31. The normalized spacial score (nSPS) is 13.8. The molecule has 0 radical (unpaired) electrons. The Morgan fingerprint density at radius 2 is 2.14 bits per heavy atom. The number of anilines is 1. The van der Waals surface area contributed by atoms with Crippen LogP contribution >= 0.6 is 0 Å². The summed E-state index contributed by atoms with van der Waals surface area (Å²) in [7, 11) is -3.63. The molecule has 0 atom stereocenters. The van der Waals surface area contributed by atoms with Crippen molar-refractivity contribution < 1.29 is 13.2 Å². The molecule has 2 heterocycles. The maximum absolute atomic E-state index is 12.6. The summed E-state index contributed by atoms with van der Waals surface area (Å²) in [6.45, 7) is 6.93.